The summed E-state index contributed by atoms with van der Waals surface area (Å²) in [7, 11) is 0. The molecule has 0 unspecified atom stereocenters. The molecule has 0 radical (unpaired) electrons. The van der Waals surface area contributed by atoms with E-state index in [9.17, 15) is 14.4 Å². The first-order valence-electron chi connectivity index (χ1n) is 10.2. The number of fused-ring (bicyclic) bond motifs is 1. The third-order valence-corrected chi connectivity index (χ3v) is 7.16. The summed E-state index contributed by atoms with van der Waals surface area (Å²) in [6.45, 7) is 0. The molecule has 0 aliphatic heterocycles. The quantitative estimate of drug-likeness (QED) is 0.747. The molecule has 6 rings (SSSR count). The second-order valence-corrected chi connectivity index (χ2v) is 9.65. The van der Waals surface area contributed by atoms with Gasteiger partial charge in [0.2, 0.25) is 5.91 Å². The summed E-state index contributed by atoms with van der Waals surface area (Å²) in [6, 6.07) is 5.74. The van der Waals surface area contributed by atoms with E-state index in [0.29, 0.717) is 16.8 Å². The maximum Gasteiger partial charge on any atom is 0.305 e. The summed E-state index contributed by atoms with van der Waals surface area (Å²) >= 11 is 5.90. The fraction of sp³-hybridized carbons (Fsp3) is 0.500. The van der Waals surface area contributed by atoms with Crippen molar-refractivity contribution in [2.24, 2.45) is 23.2 Å². The van der Waals surface area contributed by atoms with Crippen LogP contribution in [0, 0.1) is 23.2 Å². The minimum absolute atomic E-state index is 0.0956. The molecule has 4 aliphatic carbocycles. The second kappa shape index (κ2) is 6.87. The second-order valence-electron chi connectivity index (χ2n) is 9.21. The summed E-state index contributed by atoms with van der Waals surface area (Å²) in [5, 5.41) is 0.721. The van der Waals surface area contributed by atoms with Crippen molar-refractivity contribution in [2.45, 2.75) is 44.9 Å². The van der Waals surface area contributed by atoms with Gasteiger partial charge in [-0.05, 0) is 79.9 Å². The lowest BCUT2D eigenvalue weighted by molar-refractivity contribution is -0.130. The van der Waals surface area contributed by atoms with E-state index in [1.54, 1.807) is 12.1 Å². The first-order valence-corrected chi connectivity index (χ1v) is 10.6. The number of carbonyl (C=O) groups is 2. The normalized spacial score (nSPS) is 29.8. The van der Waals surface area contributed by atoms with Gasteiger partial charge < -0.3 is 4.42 Å². The lowest BCUT2D eigenvalue weighted by Gasteiger charge is -2.56. The van der Waals surface area contributed by atoms with E-state index in [-0.39, 0.29) is 28.1 Å². The van der Waals surface area contributed by atoms with Crippen LogP contribution in [0.1, 0.15) is 55.5 Å². The van der Waals surface area contributed by atoms with Crippen molar-refractivity contribution < 1.29 is 14.0 Å². The molecule has 4 fully saturated rings. The highest BCUT2D eigenvalue weighted by Gasteiger charge is 2.51. The van der Waals surface area contributed by atoms with Gasteiger partial charge in [0.1, 0.15) is 5.58 Å². The molecule has 4 bridgehead atoms. The van der Waals surface area contributed by atoms with Gasteiger partial charge in [0.05, 0.1) is 5.39 Å². The Balaban J connectivity index is 1.24. The van der Waals surface area contributed by atoms with Crippen LogP contribution in [0.5, 0.6) is 0 Å². The fourth-order valence-corrected chi connectivity index (χ4v) is 6.49. The lowest BCUT2D eigenvalue weighted by atomic mass is 9.49. The van der Waals surface area contributed by atoms with Gasteiger partial charge >= 0.3 is 5.91 Å². The Kier molecular flexibility index (Phi) is 4.42. The van der Waals surface area contributed by atoms with E-state index in [2.05, 4.69) is 10.9 Å². The van der Waals surface area contributed by atoms with Crippen LogP contribution in [0.15, 0.2) is 33.5 Å². The van der Waals surface area contributed by atoms with Crippen LogP contribution < -0.4 is 16.3 Å². The maximum absolute atomic E-state index is 12.5. The van der Waals surface area contributed by atoms with Gasteiger partial charge in [-0.25, -0.2) is 0 Å². The highest BCUT2D eigenvalue weighted by atomic mass is 35.5. The number of rotatable bonds is 3. The van der Waals surface area contributed by atoms with Gasteiger partial charge in [0.25, 0.3) is 0 Å². The van der Waals surface area contributed by atoms with Gasteiger partial charge in [0, 0.05) is 17.5 Å². The highest BCUT2D eigenvalue weighted by Crippen LogP contribution is 2.61. The van der Waals surface area contributed by atoms with Crippen LogP contribution in [0.4, 0.5) is 0 Å². The molecule has 0 atom stereocenters. The monoisotopic (exact) mass is 414 g/mol. The number of halogens is 1. The molecule has 4 saturated carbocycles. The molecule has 1 aromatic heterocycles. The molecule has 2 amide bonds. The van der Waals surface area contributed by atoms with Crippen LogP contribution in [0.2, 0.25) is 5.02 Å². The maximum atomic E-state index is 12.5. The predicted octanol–water partition coefficient (Wildman–Crippen LogP) is 3.81. The zero-order valence-corrected chi connectivity index (χ0v) is 16.8. The summed E-state index contributed by atoms with van der Waals surface area (Å²) in [5.74, 6) is 1.31. The lowest BCUT2D eigenvalue weighted by Crippen LogP contribution is -2.50. The molecule has 4 aliphatic rings. The molecule has 2 N–H and O–H groups in total. The number of nitrogens with one attached hydrogen (secondary N) is 2. The SMILES string of the molecule is O=C(CC12CC3CC(CC(C3)C1)C2)NNC(=O)c1cc(=O)c2cc(Cl)ccc2o1. The van der Waals surface area contributed by atoms with Gasteiger partial charge in [-0.2, -0.15) is 0 Å². The van der Waals surface area contributed by atoms with E-state index in [4.69, 9.17) is 16.0 Å². The Bertz CT molecular complexity index is 1030. The molecular weight excluding hydrogens is 392 g/mol. The number of hydrazine groups is 1. The molecule has 1 heterocycles. The van der Waals surface area contributed by atoms with Crippen LogP contribution in [-0.2, 0) is 4.79 Å². The van der Waals surface area contributed by atoms with Crippen molar-refractivity contribution in [3.05, 3.63) is 45.3 Å². The van der Waals surface area contributed by atoms with Crippen molar-refractivity contribution in [3.8, 4) is 0 Å². The third-order valence-electron chi connectivity index (χ3n) is 6.93. The van der Waals surface area contributed by atoms with Crippen LogP contribution in [-0.4, -0.2) is 11.8 Å². The Morgan fingerprint density at radius 3 is 2.34 bits per heavy atom. The van der Waals surface area contributed by atoms with Gasteiger partial charge in [-0.3, -0.25) is 25.2 Å². The zero-order valence-electron chi connectivity index (χ0n) is 16.0. The fourth-order valence-electron chi connectivity index (χ4n) is 6.32. The average molecular weight is 415 g/mol. The van der Waals surface area contributed by atoms with Crippen LogP contribution in [0.25, 0.3) is 11.0 Å². The van der Waals surface area contributed by atoms with Gasteiger partial charge in [-0.1, -0.05) is 11.6 Å². The predicted molar refractivity (Wildman–Crippen MR) is 108 cm³/mol. The molecule has 1 aromatic carbocycles. The smallest absolute Gasteiger partial charge is 0.305 e. The van der Waals surface area contributed by atoms with Crippen LogP contribution in [0.3, 0.4) is 0 Å². The molecule has 6 nitrogen and oxygen atoms in total. The number of hydrogen-bond acceptors (Lipinski definition) is 4. The Labute approximate surface area is 173 Å². The van der Waals surface area contributed by atoms with E-state index in [1.165, 1.54) is 25.3 Å². The Morgan fingerprint density at radius 1 is 1.03 bits per heavy atom. The minimum Gasteiger partial charge on any atom is -0.451 e. The summed E-state index contributed by atoms with van der Waals surface area (Å²) in [5.41, 5.74) is 4.90. The molecular formula is C22H23ClN2O4. The molecule has 7 heteroatoms. The molecule has 2 aromatic rings. The number of carbonyl (C=O) groups excluding carboxylic acids is 2. The van der Waals surface area contributed by atoms with Crippen molar-refractivity contribution >= 4 is 34.4 Å². The van der Waals surface area contributed by atoms with E-state index >= 15 is 0 Å². The molecule has 0 spiro atoms. The number of hydrogen-bond donors (Lipinski definition) is 2. The first kappa shape index (κ1) is 18.7. The third kappa shape index (κ3) is 3.54. The van der Waals surface area contributed by atoms with E-state index in [0.717, 1.165) is 43.1 Å². The summed E-state index contributed by atoms with van der Waals surface area (Å²) in [6.07, 6.45) is 7.79. The summed E-state index contributed by atoms with van der Waals surface area (Å²) in [4.78, 5) is 37.2. The van der Waals surface area contributed by atoms with Gasteiger partial charge in [0.15, 0.2) is 11.2 Å². The summed E-state index contributed by atoms with van der Waals surface area (Å²) < 4.78 is 5.50. The van der Waals surface area contributed by atoms with Crippen molar-refractivity contribution in [3.63, 3.8) is 0 Å². The molecule has 29 heavy (non-hydrogen) atoms. The standard InChI is InChI=1S/C22H23ClN2O4/c23-15-1-2-18-16(6-15)17(26)7-19(29-18)21(28)25-24-20(27)11-22-8-12-3-13(9-22)5-14(4-12)10-22/h1-2,6-7,12-14H,3-5,8-11H2,(H,24,27)(H,25,28). The first-order chi connectivity index (χ1) is 13.9. The topological polar surface area (TPSA) is 88.4 Å². The largest absolute Gasteiger partial charge is 0.451 e. The average Bonchev–Trinajstić information content (AvgIpc) is 2.65. The number of benzene rings is 1. The van der Waals surface area contributed by atoms with Crippen molar-refractivity contribution in [2.75, 3.05) is 0 Å². The van der Waals surface area contributed by atoms with Crippen molar-refractivity contribution in [1.29, 1.82) is 0 Å². The zero-order chi connectivity index (χ0) is 20.2. The Hall–Kier alpha value is -2.34. The number of amides is 2. The Morgan fingerprint density at radius 2 is 1.69 bits per heavy atom. The highest BCUT2D eigenvalue weighted by molar-refractivity contribution is 6.31. The van der Waals surface area contributed by atoms with E-state index < -0.39 is 5.91 Å². The molecule has 0 saturated heterocycles. The van der Waals surface area contributed by atoms with E-state index in [1.807, 2.05) is 0 Å². The van der Waals surface area contributed by atoms with Crippen LogP contribution >= 0.6 is 11.6 Å². The van der Waals surface area contributed by atoms with Gasteiger partial charge in [-0.15, -0.1) is 0 Å². The van der Waals surface area contributed by atoms with Crippen molar-refractivity contribution in [1.82, 2.24) is 10.9 Å². The molecule has 152 valence electrons. The minimum atomic E-state index is -0.655.